The van der Waals surface area contributed by atoms with Gasteiger partial charge in [0.05, 0.1) is 6.04 Å². The molecule has 0 bridgehead atoms. The van der Waals surface area contributed by atoms with E-state index in [1.54, 1.807) is 6.07 Å². The number of amides is 1. The smallest absolute Gasteiger partial charge is 0.276 e. The maximum absolute atomic E-state index is 12.6. The van der Waals surface area contributed by atoms with Gasteiger partial charge in [0, 0.05) is 25.0 Å². The fraction of sp³-hybridized carbons (Fsp3) is 0.474. The van der Waals surface area contributed by atoms with Crippen molar-refractivity contribution in [2.45, 2.75) is 32.4 Å². The minimum absolute atomic E-state index is 0. The Balaban J connectivity index is 0.00000182. The largest absolute Gasteiger partial charge is 0.320 e. The zero-order valence-electron chi connectivity index (χ0n) is 16.1. The number of carbonyl (C=O) groups is 1. The van der Waals surface area contributed by atoms with Gasteiger partial charge >= 0.3 is 0 Å². The van der Waals surface area contributed by atoms with E-state index in [4.69, 9.17) is 0 Å². The van der Waals surface area contributed by atoms with E-state index < -0.39 is 0 Å². The number of hydrogen-bond donors (Lipinski definition) is 2. The summed E-state index contributed by atoms with van der Waals surface area (Å²) >= 11 is 0. The number of carbonyl (C=O) groups excluding carboxylic acids is 1. The normalized spacial score (nSPS) is 16.4. The van der Waals surface area contributed by atoms with Gasteiger partial charge in [-0.1, -0.05) is 12.1 Å². The van der Waals surface area contributed by atoms with Crippen LogP contribution in [0.2, 0.25) is 0 Å². The summed E-state index contributed by atoms with van der Waals surface area (Å²) in [5.74, 6) is -0.160. The van der Waals surface area contributed by atoms with Crippen LogP contribution in [0.15, 0.2) is 30.5 Å². The first-order chi connectivity index (χ1) is 12.0. The second kappa shape index (κ2) is 10.7. The van der Waals surface area contributed by atoms with Gasteiger partial charge in [-0.25, -0.2) is 0 Å². The van der Waals surface area contributed by atoms with Crippen molar-refractivity contribution in [3.8, 4) is 0 Å². The van der Waals surface area contributed by atoms with Crippen LogP contribution in [0.5, 0.6) is 0 Å². The van der Waals surface area contributed by atoms with E-state index in [-0.39, 0.29) is 30.7 Å². The molecule has 8 heteroatoms. The van der Waals surface area contributed by atoms with Gasteiger partial charge in [-0.15, -0.1) is 24.8 Å². The fourth-order valence-electron chi connectivity index (χ4n) is 3.18. The average Bonchev–Trinajstić information content (AvgIpc) is 3.08. The lowest BCUT2D eigenvalue weighted by atomic mass is 10.1. The number of benzene rings is 1. The van der Waals surface area contributed by atoms with E-state index in [1.165, 1.54) is 5.56 Å². The lowest BCUT2D eigenvalue weighted by molar-refractivity contribution is 0.102. The topological polar surface area (TPSA) is 62.2 Å². The lowest BCUT2D eigenvalue weighted by Gasteiger charge is -2.22. The Morgan fingerprint density at radius 2 is 2.11 bits per heavy atom. The summed E-state index contributed by atoms with van der Waals surface area (Å²) in [5, 5.41) is 10.9. The molecule has 2 aromatic rings. The zero-order valence-corrected chi connectivity index (χ0v) is 17.7. The van der Waals surface area contributed by atoms with Crippen LogP contribution in [0.25, 0.3) is 0 Å². The molecule has 150 valence electrons. The van der Waals surface area contributed by atoms with Gasteiger partial charge < -0.3 is 15.5 Å². The summed E-state index contributed by atoms with van der Waals surface area (Å²) in [7, 11) is 4.07. The van der Waals surface area contributed by atoms with Gasteiger partial charge in [0.2, 0.25) is 0 Å². The summed E-state index contributed by atoms with van der Waals surface area (Å²) in [6.45, 7) is 4.82. The molecule has 1 fully saturated rings. The Labute approximate surface area is 173 Å². The highest BCUT2D eigenvalue weighted by Crippen LogP contribution is 2.19. The molecule has 1 aromatic carbocycles. The zero-order chi connectivity index (χ0) is 17.8. The molecule has 0 saturated carbocycles. The molecule has 2 heterocycles. The number of hydrogen-bond acceptors (Lipinski definition) is 4. The average molecular weight is 414 g/mol. The van der Waals surface area contributed by atoms with Gasteiger partial charge in [0.25, 0.3) is 5.91 Å². The lowest BCUT2D eigenvalue weighted by Crippen LogP contribution is -2.32. The molecule has 0 radical (unpaired) electrons. The highest BCUT2D eigenvalue weighted by atomic mass is 35.5. The molecule has 1 unspecified atom stereocenters. The van der Waals surface area contributed by atoms with Gasteiger partial charge in [0.1, 0.15) is 0 Å². The van der Waals surface area contributed by atoms with Crippen molar-refractivity contribution in [1.29, 1.82) is 0 Å². The molecule has 2 N–H and O–H groups in total. The number of piperidine rings is 1. The summed E-state index contributed by atoms with van der Waals surface area (Å²) in [4.78, 5) is 14.7. The Morgan fingerprint density at radius 3 is 2.78 bits per heavy atom. The molecule has 27 heavy (non-hydrogen) atoms. The summed E-state index contributed by atoms with van der Waals surface area (Å²) in [6.07, 6.45) is 4.15. The van der Waals surface area contributed by atoms with Gasteiger partial charge in [0.15, 0.2) is 5.69 Å². The maximum Gasteiger partial charge on any atom is 0.276 e. The Kier molecular flexibility index (Phi) is 9.26. The molecule has 3 rings (SSSR count). The predicted molar refractivity (Wildman–Crippen MR) is 114 cm³/mol. The van der Waals surface area contributed by atoms with E-state index in [0.717, 1.165) is 43.7 Å². The molecule has 1 aliphatic heterocycles. The number of anilines is 1. The Hall–Kier alpha value is -1.60. The van der Waals surface area contributed by atoms with E-state index in [9.17, 15) is 4.79 Å². The van der Waals surface area contributed by atoms with Gasteiger partial charge in [-0.3, -0.25) is 9.48 Å². The van der Waals surface area contributed by atoms with Crippen molar-refractivity contribution < 1.29 is 4.79 Å². The van der Waals surface area contributed by atoms with Crippen LogP contribution in [0.3, 0.4) is 0 Å². The first-order valence-electron chi connectivity index (χ1n) is 8.84. The molecule has 6 nitrogen and oxygen atoms in total. The first-order valence-corrected chi connectivity index (χ1v) is 8.84. The Bertz CT molecular complexity index is 741. The molecule has 1 aliphatic rings. The van der Waals surface area contributed by atoms with Crippen LogP contribution in [-0.2, 0) is 6.54 Å². The second-order valence-electron chi connectivity index (χ2n) is 7.02. The molecule has 1 amide bonds. The number of aryl methyl sites for hydroxylation is 1. The third-order valence-corrected chi connectivity index (χ3v) is 4.53. The van der Waals surface area contributed by atoms with Crippen LogP contribution >= 0.6 is 24.8 Å². The van der Waals surface area contributed by atoms with E-state index in [2.05, 4.69) is 26.7 Å². The summed E-state index contributed by atoms with van der Waals surface area (Å²) in [5.41, 5.74) is 3.53. The Morgan fingerprint density at radius 1 is 1.33 bits per heavy atom. The van der Waals surface area contributed by atoms with Crippen LogP contribution in [0.1, 0.15) is 40.5 Å². The van der Waals surface area contributed by atoms with E-state index >= 15 is 0 Å². The first kappa shape index (κ1) is 23.4. The van der Waals surface area contributed by atoms with Crippen molar-refractivity contribution in [2.75, 3.05) is 32.5 Å². The van der Waals surface area contributed by atoms with Crippen LogP contribution in [-0.4, -0.2) is 47.8 Å². The standard InChI is InChI=1S/C19H27N5O.2ClH/c1-14-6-7-15(13-23(2)3)11-18(14)21-19(25)17-8-10-24(22-17)16-5-4-9-20-12-16;;/h6-8,10-11,16,20H,4-5,9,12-13H2,1-3H3,(H,21,25);2*1H. The molecule has 0 spiro atoms. The quantitative estimate of drug-likeness (QED) is 0.789. The number of nitrogens with zero attached hydrogens (tertiary/aromatic N) is 3. The summed E-state index contributed by atoms with van der Waals surface area (Å²) in [6, 6.07) is 8.30. The van der Waals surface area contributed by atoms with Crippen molar-refractivity contribution in [1.82, 2.24) is 20.0 Å². The van der Waals surface area contributed by atoms with E-state index in [0.29, 0.717) is 11.7 Å². The van der Waals surface area contributed by atoms with Crippen LogP contribution in [0, 0.1) is 6.92 Å². The van der Waals surface area contributed by atoms with Crippen molar-refractivity contribution in [3.05, 3.63) is 47.3 Å². The predicted octanol–water partition coefficient (Wildman–Crippen LogP) is 3.27. The number of rotatable bonds is 5. The highest BCUT2D eigenvalue weighted by molar-refractivity contribution is 6.03. The SMILES string of the molecule is Cc1ccc(CN(C)C)cc1NC(=O)c1ccn(C2CCCNC2)n1.Cl.Cl. The minimum atomic E-state index is -0.160. The van der Waals surface area contributed by atoms with Crippen LogP contribution in [0.4, 0.5) is 5.69 Å². The number of aromatic nitrogens is 2. The molecule has 0 aliphatic carbocycles. The second-order valence-corrected chi connectivity index (χ2v) is 7.02. The molecule has 1 atom stereocenters. The number of halogens is 2. The van der Waals surface area contributed by atoms with E-state index in [1.807, 2.05) is 44.0 Å². The molecular formula is C19H29Cl2N5O. The third-order valence-electron chi connectivity index (χ3n) is 4.53. The maximum atomic E-state index is 12.6. The van der Waals surface area contributed by atoms with Gasteiger partial charge in [-0.2, -0.15) is 5.10 Å². The van der Waals surface area contributed by atoms with Crippen molar-refractivity contribution in [2.24, 2.45) is 0 Å². The van der Waals surface area contributed by atoms with Crippen molar-refractivity contribution >= 4 is 36.4 Å². The fourth-order valence-corrected chi connectivity index (χ4v) is 3.18. The van der Waals surface area contributed by atoms with Crippen molar-refractivity contribution in [3.63, 3.8) is 0 Å². The monoisotopic (exact) mass is 413 g/mol. The molecule has 1 aromatic heterocycles. The highest BCUT2D eigenvalue weighted by Gasteiger charge is 2.18. The van der Waals surface area contributed by atoms with Gasteiger partial charge in [-0.05, 0) is 63.7 Å². The van der Waals surface area contributed by atoms with Crippen LogP contribution < -0.4 is 10.6 Å². The number of nitrogens with one attached hydrogen (secondary N) is 2. The third kappa shape index (κ3) is 6.21. The molecular weight excluding hydrogens is 385 g/mol. The minimum Gasteiger partial charge on any atom is -0.320 e. The summed E-state index contributed by atoms with van der Waals surface area (Å²) < 4.78 is 1.91. The molecule has 1 saturated heterocycles.